The summed E-state index contributed by atoms with van der Waals surface area (Å²) in [5.41, 5.74) is 5.24. The zero-order valence-corrected chi connectivity index (χ0v) is 29.8. The van der Waals surface area contributed by atoms with Gasteiger partial charge in [0.15, 0.2) is 11.5 Å². The van der Waals surface area contributed by atoms with Gasteiger partial charge in [0.1, 0.15) is 5.75 Å². The molecule has 2 aromatic carbocycles. The molecule has 2 saturated heterocycles. The Hall–Kier alpha value is -5.30. The number of imidazole rings is 1. The summed E-state index contributed by atoms with van der Waals surface area (Å²) in [4.78, 5) is 46.7. The van der Waals surface area contributed by atoms with Crippen LogP contribution in [0.25, 0.3) is 16.6 Å². The summed E-state index contributed by atoms with van der Waals surface area (Å²) in [6.07, 6.45) is 12.0. The van der Waals surface area contributed by atoms with Gasteiger partial charge in [0.2, 0.25) is 11.8 Å². The number of nitrogens with one attached hydrogen (secondary N) is 2. The fourth-order valence-corrected chi connectivity index (χ4v) is 8.23. The summed E-state index contributed by atoms with van der Waals surface area (Å²) in [6, 6.07) is 14.1. The number of rotatable bonds is 9. The molecule has 1 aliphatic carbocycles. The molecule has 3 aromatic heterocycles. The first-order chi connectivity index (χ1) is 25.3. The van der Waals surface area contributed by atoms with Crippen LogP contribution in [0.4, 0.5) is 11.5 Å². The molecule has 0 bridgehead atoms. The summed E-state index contributed by atoms with van der Waals surface area (Å²) in [5, 5.41) is 15.5. The summed E-state index contributed by atoms with van der Waals surface area (Å²) < 4.78 is 9.30. The molecule has 3 fully saturated rings. The van der Waals surface area contributed by atoms with Crippen LogP contribution in [-0.4, -0.2) is 86.8 Å². The van der Waals surface area contributed by atoms with E-state index in [9.17, 15) is 14.4 Å². The third-order valence-electron chi connectivity index (χ3n) is 11.3. The second-order valence-electron chi connectivity index (χ2n) is 14.4. The van der Waals surface area contributed by atoms with Gasteiger partial charge in [-0.2, -0.15) is 14.7 Å². The van der Waals surface area contributed by atoms with Gasteiger partial charge in [0, 0.05) is 62.1 Å². The van der Waals surface area contributed by atoms with Crippen molar-refractivity contribution in [1.82, 2.24) is 34.6 Å². The number of imide groups is 1. The molecule has 2 N–H and O–H groups in total. The van der Waals surface area contributed by atoms with Gasteiger partial charge in [-0.3, -0.25) is 29.3 Å². The van der Waals surface area contributed by atoms with E-state index in [-0.39, 0.29) is 23.6 Å². The van der Waals surface area contributed by atoms with E-state index in [1.807, 2.05) is 18.2 Å². The van der Waals surface area contributed by atoms with Gasteiger partial charge >= 0.3 is 0 Å². The molecule has 13 heteroatoms. The fraction of sp³-hybridized carbons (Fsp3) is 0.436. The minimum absolute atomic E-state index is 0.176. The number of hydrogen-bond acceptors (Lipinski definition) is 9. The minimum Gasteiger partial charge on any atom is -0.496 e. The maximum Gasteiger partial charge on any atom is 0.260 e. The number of benzene rings is 2. The number of piperazine rings is 1. The zero-order valence-electron chi connectivity index (χ0n) is 29.8. The zero-order chi connectivity index (χ0) is 35.8. The highest BCUT2D eigenvalue weighted by Gasteiger charge is 2.30. The summed E-state index contributed by atoms with van der Waals surface area (Å²) in [6.45, 7) is 7.26. The van der Waals surface area contributed by atoms with Crippen molar-refractivity contribution in [2.75, 3.05) is 50.1 Å². The van der Waals surface area contributed by atoms with Crippen LogP contribution in [0.2, 0.25) is 0 Å². The highest BCUT2D eigenvalue weighted by molar-refractivity contribution is 6.08. The van der Waals surface area contributed by atoms with Crippen LogP contribution in [-0.2, 0) is 9.59 Å². The Labute approximate surface area is 302 Å². The first-order valence-corrected chi connectivity index (χ1v) is 18.4. The number of piperidine rings is 1. The van der Waals surface area contributed by atoms with E-state index < -0.39 is 0 Å². The predicted molar refractivity (Wildman–Crippen MR) is 198 cm³/mol. The number of hydrogen-bond donors (Lipinski definition) is 2. The van der Waals surface area contributed by atoms with Crippen molar-refractivity contribution in [3.63, 3.8) is 0 Å². The third-order valence-corrected chi connectivity index (χ3v) is 11.3. The lowest BCUT2D eigenvalue weighted by Gasteiger charge is -2.37. The van der Waals surface area contributed by atoms with Crippen molar-refractivity contribution >= 4 is 45.8 Å². The Morgan fingerprint density at radius 3 is 2.62 bits per heavy atom. The van der Waals surface area contributed by atoms with E-state index in [4.69, 9.17) is 9.84 Å². The molecule has 3 aliphatic rings. The molecule has 1 atom stereocenters. The molecular weight excluding hydrogens is 658 g/mol. The van der Waals surface area contributed by atoms with Crippen LogP contribution in [0, 0.1) is 12.8 Å². The van der Waals surface area contributed by atoms with E-state index in [0.29, 0.717) is 47.6 Å². The Bertz CT molecular complexity index is 2120. The molecule has 52 heavy (non-hydrogen) atoms. The van der Waals surface area contributed by atoms with Crippen LogP contribution in [0.15, 0.2) is 61.1 Å². The van der Waals surface area contributed by atoms with Crippen molar-refractivity contribution in [3.8, 4) is 5.75 Å². The Balaban J connectivity index is 0.820. The highest BCUT2D eigenvalue weighted by atomic mass is 16.5. The molecule has 5 aromatic rings. The topological polar surface area (TPSA) is 139 Å². The molecule has 3 amide bonds. The third kappa shape index (κ3) is 6.84. The first-order valence-electron chi connectivity index (χ1n) is 18.4. The molecular formula is C39H45N9O4. The van der Waals surface area contributed by atoms with E-state index in [0.717, 1.165) is 67.6 Å². The summed E-state index contributed by atoms with van der Waals surface area (Å²) >= 11 is 0. The maximum absolute atomic E-state index is 13.4. The van der Waals surface area contributed by atoms with Crippen molar-refractivity contribution in [2.45, 2.75) is 63.8 Å². The summed E-state index contributed by atoms with van der Waals surface area (Å²) in [7, 11) is 1.57. The Morgan fingerprint density at radius 2 is 1.85 bits per heavy atom. The molecule has 0 spiro atoms. The van der Waals surface area contributed by atoms with Gasteiger partial charge in [0.05, 0.1) is 36.3 Å². The second-order valence-corrected chi connectivity index (χ2v) is 14.4. The van der Waals surface area contributed by atoms with Gasteiger partial charge in [0.25, 0.3) is 5.91 Å². The number of methoxy groups -OCH3 is 1. The number of nitrogens with zero attached hydrogens (tertiary/aromatic N) is 7. The normalized spacial score (nSPS) is 21.4. The van der Waals surface area contributed by atoms with Gasteiger partial charge in [-0.05, 0) is 99.4 Å². The van der Waals surface area contributed by atoms with E-state index in [1.54, 1.807) is 30.1 Å². The van der Waals surface area contributed by atoms with Crippen molar-refractivity contribution < 1.29 is 19.1 Å². The molecule has 0 radical (unpaired) electrons. The van der Waals surface area contributed by atoms with Crippen LogP contribution in [0.1, 0.15) is 78.4 Å². The second kappa shape index (κ2) is 14.4. The SMILES string of the molecule is COc1cc2nn(C3CCC(CCN4CCN(c5ccc(C6CCC(=O)NC6=O)c(C)c5)CC4)CC3)cc2cc1C(=O)Nc1cnc2cccnn12. The number of amides is 3. The number of carbonyl (C=O) groups excluding carboxylic acids is 3. The van der Waals surface area contributed by atoms with Crippen molar-refractivity contribution in [2.24, 2.45) is 5.92 Å². The Morgan fingerprint density at radius 1 is 1.02 bits per heavy atom. The lowest BCUT2D eigenvalue weighted by Crippen LogP contribution is -2.47. The molecule has 8 rings (SSSR count). The van der Waals surface area contributed by atoms with E-state index >= 15 is 0 Å². The van der Waals surface area contributed by atoms with Gasteiger partial charge < -0.3 is 15.0 Å². The standard InChI is InChI=1S/C39H45N9O4/c1-25-20-29(9-10-30(25)31-11-12-37(49)43-38(31)50)46-18-16-45(17-19-46)15-13-26-5-7-28(8-6-26)47-24-27-21-32(34(52-2)22-33(27)44-47)39(51)42-36-23-40-35-4-3-14-41-48(35)36/h3-4,9-10,14,20-24,26,28,31H,5-8,11-13,15-19H2,1-2H3,(H,42,51)(H,43,49,50). The maximum atomic E-state index is 13.4. The van der Waals surface area contributed by atoms with Gasteiger partial charge in [-0.15, -0.1) is 0 Å². The largest absolute Gasteiger partial charge is 0.496 e. The van der Waals surface area contributed by atoms with Crippen LogP contribution in [0.5, 0.6) is 5.75 Å². The average Bonchev–Trinajstić information content (AvgIpc) is 3.78. The minimum atomic E-state index is -0.295. The predicted octanol–water partition coefficient (Wildman–Crippen LogP) is 5.11. The van der Waals surface area contributed by atoms with Crippen LogP contribution >= 0.6 is 0 Å². The highest BCUT2D eigenvalue weighted by Crippen LogP contribution is 2.36. The lowest BCUT2D eigenvalue weighted by atomic mass is 9.84. The number of aryl methyl sites for hydroxylation is 1. The first kappa shape index (κ1) is 33.8. The van der Waals surface area contributed by atoms with Crippen molar-refractivity contribution in [3.05, 3.63) is 77.7 Å². The van der Waals surface area contributed by atoms with Gasteiger partial charge in [-0.1, -0.05) is 6.07 Å². The monoisotopic (exact) mass is 703 g/mol. The summed E-state index contributed by atoms with van der Waals surface area (Å²) in [5.74, 6) is 0.779. The molecule has 1 saturated carbocycles. The van der Waals surface area contributed by atoms with Crippen molar-refractivity contribution in [1.29, 1.82) is 0 Å². The van der Waals surface area contributed by atoms with Crippen LogP contribution in [0.3, 0.4) is 0 Å². The molecule has 2 aliphatic heterocycles. The van der Waals surface area contributed by atoms with E-state index in [2.05, 4.69) is 66.5 Å². The number of aromatic nitrogens is 5. The number of fused-ring (bicyclic) bond motifs is 2. The molecule has 13 nitrogen and oxygen atoms in total. The van der Waals surface area contributed by atoms with Gasteiger partial charge in [-0.25, -0.2) is 4.98 Å². The molecule has 5 heterocycles. The quantitative estimate of drug-likeness (QED) is 0.201. The smallest absolute Gasteiger partial charge is 0.260 e. The number of ether oxygens (including phenoxy) is 1. The molecule has 1 unspecified atom stereocenters. The fourth-order valence-electron chi connectivity index (χ4n) is 8.23. The number of anilines is 2. The Kier molecular flexibility index (Phi) is 9.35. The number of carbonyl (C=O) groups is 3. The molecule has 270 valence electrons. The van der Waals surface area contributed by atoms with E-state index in [1.165, 1.54) is 24.9 Å². The van der Waals surface area contributed by atoms with Crippen LogP contribution < -0.4 is 20.3 Å². The lowest BCUT2D eigenvalue weighted by molar-refractivity contribution is -0.134. The average molecular weight is 704 g/mol.